The molecule has 0 amide bonds. The first kappa shape index (κ1) is 6.61. The van der Waals surface area contributed by atoms with Gasteiger partial charge in [0.05, 0.1) is 0 Å². The summed E-state index contributed by atoms with van der Waals surface area (Å²) in [4.78, 5) is 4.08. The van der Waals surface area contributed by atoms with Crippen LogP contribution in [0.2, 0.25) is 0 Å². The van der Waals surface area contributed by atoms with E-state index < -0.39 is 0 Å². The van der Waals surface area contributed by atoms with E-state index in [9.17, 15) is 0 Å². The standard InChI is InChI=1S/C5H9N3S/c1-3-9-5-6-4-8(2)7-5/h4H,3H2,1-2H3/p+1. The maximum atomic E-state index is 4.08. The number of nitrogens with zero attached hydrogens (tertiary/aromatic N) is 2. The molecular formula is C5H10N3S+. The van der Waals surface area contributed by atoms with Gasteiger partial charge in [-0.3, -0.25) is 0 Å². The number of aromatic nitrogens is 3. The topological polar surface area (TPSA) is 32.6 Å². The monoisotopic (exact) mass is 144 g/mol. The fraction of sp³-hybridized carbons (Fsp3) is 0.600. The molecule has 0 bridgehead atoms. The van der Waals surface area contributed by atoms with Crippen LogP contribution in [-0.2, 0) is 7.05 Å². The molecule has 0 saturated carbocycles. The van der Waals surface area contributed by atoms with Gasteiger partial charge in [0.15, 0.2) is 0 Å². The van der Waals surface area contributed by atoms with Crippen molar-refractivity contribution in [2.24, 2.45) is 7.05 Å². The van der Waals surface area contributed by atoms with Crippen molar-refractivity contribution < 1.29 is 4.68 Å². The van der Waals surface area contributed by atoms with Crippen LogP contribution in [0.5, 0.6) is 0 Å². The van der Waals surface area contributed by atoms with E-state index in [1.165, 1.54) is 0 Å². The first-order valence-electron chi connectivity index (χ1n) is 2.86. The molecule has 3 nitrogen and oxygen atoms in total. The Morgan fingerprint density at radius 2 is 2.67 bits per heavy atom. The zero-order valence-corrected chi connectivity index (χ0v) is 6.40. The normalized spacial score (nSPS) is 10.0. The van der Waals surface area contributed by atoms with Crippen molar-refractivity contribution in [1.82, 2.24) is 10.1 Å². The predicted molar refractivity (Wildman–Crippen MR) is 36.2 cm³/mol. The summed E-state index contributed by atoms with van der Waals surface area (Å²) in [5.74, 6) is 1.06. The quantitative estimate of drug-likeness (QED) is 0.480. The Labute approximate surface area is 58.5 Å². The van der Waals surface area contributed by atoms with Crippen LogP contribution in [-0.4, -0.2) is 15.8 Å². The van der Waals surface area contributed by atoms with Gasteiger partial charge in [-0.25, -0.2) is 0 Å². The number of nitrogens with one attached hydrogen (secondary N) is 1. The molecule has 1 aromatic heterocycles. The summed E-state index contributed by atoms with van der Waals surface area (Å²) in [6.45, 7) is 2.10. The molecule has 0 aliphatic rings. The summed E-state index contributed by atoms with van der Waals surface area (Å²) in [6.07, 6.45) is 1.76. The van der Waals surface area contributed by atoms with Crippen molar-refractivity contribution in [3.63, 3.8) is 0 Å². The number of H-pyrrole nitrogens is 1. The summed E-state index contributed by atoms with van der Waals surface area (Å²) < 4.78 is 1.83. The minimum atomic E-state index is 0.986. The number of thioether (sulfide) groups is 1. The largest absolute Gasteiger partial charge is 0.310 e. The second kappa shape index (κ2) is 2.87. The molecule has 1 aromatic rings. The first-order valence-corrected chi connectivity index (χ1v) is 3.85. The number of rotatable bonds is 2. The molecule has 9 heavy (non-hydrogen) atoms. The predicted octanol–water partition coefficient (Wildman–Crippen LogP) is 0.346. The third-order valence-electron chi connectivity index (χ3n) is 0.901. The molecule has 1 rings (SSSR count). The fourth-order valence-electron chi connectivity index (χ4n) is 0.554. The van der Waals surface area contributed by atoms with Crippen molar-refractivity contribution in [2.45, 2.75) is 12.1 Å². The van der Waals surface area contributed by atoms with Crippen LogP contribution in [0.4, 0.5) is 0 Å². The Morgan fingerprint density at radius 3 is 3.11 bits per heavy atom. The van der Waals surface area contributed by atoms with Crippen LogP contribution in [0, 0.1) is 0 Å². The molecule has 0 aromatic carbocycles. The maximum Gasteiger partial charge on any atom is 0.310 e. The van der Waals surface area contributed by atoms with Gasteiger partial charge in [0.25, 0.3) is 0 Å². The fourth-order valence-corrected chi connectivity index (χ4v) is 1.16. The van der Waals surface area contributed by atoms with Gasteiger partial charge in [0, 0.05) is 5.75 Å². The van der Waals surface area contributed by atoms with Crippen molar-refractivity contribution in [3.8, 4) is 0 Å². The molecule has 0 aliphatic heterocycles. The first-order chi connectivity index (χ1) is 4.33. The van der Waals surface area contributed by atoms with Crippen molar-refractivity contribution in [1.29, 1.82) is 0 Å². The second-order valence-corrected chi connectivity index (χ2v) is 2.96. The summed E-state index contributed by atoms with van der Waals surface area (Å²) in [5.41, 5.74) is 0. The van der Waals surface area contributed by atoms with Gasteiger partial charge in [-0.2, -0.15) is 9.78 Å². The van der Waals surface area contributed by atoms with Crippen LogP contribution >= 0.6 is 11.8 Å². The Bertz CT molecular complexity index is 184. The molecule has 0 unspecified atom stereocenters. The summed E-state index contributed by atoms with van der Waals surface area (Å²) in [5, 5.41) is 4.03. The molecular weight excluding hydrogens is 134 g/mol. The van der Waals surface area contributed by atoms with Crippen LogP contribution in [0.1, 0.15) is 6.92 Å². The highest BCUT2D eigenvalue weighted by molar-refractivity contribution is 7.99. The van der Waals surface area contributed by atoms with E-state index in [1.54, 1.807) is 18.1 Å². The average molecular weight is 144 g/mol. The zero-order valence-electron chi connectivity index (χ0n) is 5.59. The van der Waals surface area contributed by atoms with Crippen LogP contribution in [0.15, 0.2) is 11.5 Å². The van der Waals surface area contributed by atoms with Gasteiger partial charge in [0.1, 0.15) is 7.05 Å². The number of aryl methyl sites for hydroxylation is 1. The van der Waals surface area contributed by atoms with Gasteiger partial charge in [0.2, 0.25) is 0 Å². The molecule has 0 saturated heterocycles. The van der Waals surface area contributed by atoms with Crippen molar-refractivity contribution in [2.75, 3.05) is 5.75 Å². The van der Waals surface area contributed by atoms with E-state index in [0.717, 1.165) is 10.9 Å². The Kier molecular flexibility index (Phi) is 2.10. The number of hydrogen-bond acceptors (Lipinski definition) is 2. The lowest BCUT2D eigenvalue weighted by Crippen LogP contribution is -2.28. The number of hydrogen-bond donors (Lipinski definition) is 1. The van der Waals surface area contributed by atoms with Gasteiger partial charge in [-0.15, -0.1) is 0 Å². The van der Waals surface area contributed by atoms with Crippen LogP contribution < -0.4 is 4.68 Å². The second-order valence-electron chi connectivity index (χ2n) is 1.71. The summed E-state index contributed by atoms with van der Waals surface area (Å²) in [6, 6.07) is 0. The molecule has 0 atom stereocenters. The number of aromatic amines is 1. The molecule has 50 valence electrons. The lowest BCUT2D eigenvalue weighted by Gasteiger charge is -1.80. The summed E-state index contributed by atoms with van der Waals surface area (Å²) in [7, 11) is 1.92. The molecule has 0 spiro atoms. The average Bonchev–Trinajstić information content (AvgIpc) is 2.17. The zero-order chi connectivity index (χ0) is 6.69. The highest BCUT2D eigenvalue weighted by Crippen LogP contribution is 2.07. The van der Waals surface area contributed by atoms with E-state index in [-0.39, 0.29) is 0 Å². The smallest absolute Gasteiger partial charge is 0.182 e. The maximum absolute atomic E-state index is 4.08. The van der Waals surface area contributed by atoms with Crippen LogP contribution in [0.25, 0.3) is 0 Å². The molecule has 4 heteroatoms. The van der Waals surface area contributed by atoms with E-state index in [2.05, 4.69) is 17.0 Å². The Morgan fingerprint density at radius 1 is 1.89 bits per heavy atom. The van der Waals surface area contributed by atoms with E-state index in [1.807, 2.05) is 11.7 Å². The minimum Gasteiger partial charge on any atom is -0.182 e. The van der Waals surface area contributed by atoms with Crippen molar-refractivity contribution >= 4 is 11.8 Å². The van der Waals surface area contributed by atoms with E-state index >= 15 is 0 Å². The van der Waals surface area contributed by atoms with Gasteiger partial charge >= 0.3 is 11.5 Å². The molecule has 0 fully saturated rings. The third kappa shape index (κ3) is 1.71. The molecule has 0 radical (unpaired) electrons. The molecule has 1 heterocycles. The third-order valence-corrected chi connectivity index (χ3v) is 1.66. The highest BCUT2D eigenvalue weighted by atomic mass is 32.2. The van der Waals surface area contributed by atoms with Crippen LogP contribution in [0.3, 0.4) is 0 Å². The van der Waals surface area contributed by atoms with Gasteiger partial charge < -0.3 is 0 Å². The van der Waals surface area contributed by atoms with E-state index in [0.29, 0.717) is 0 Å². The molecule has 0 aliphatic carbocycles. The lowest BCUT2D eigenvalue weighted by molar-refractivity contribution is -0.730. The van der Waals surface area contributed by atoms with Gasteiger partial charge in [-0.05, 0) is 4.98 Å². The SMILES string of the molecule is CCSc1nc[n+](C)[nH]1. The Balaban J connectivity index is 2.61. The highest BCUT2D eigenvalue weighted by Gasteiger charge is 2.02. The lowest BCUT2D eigenvalue weighted by atomic mass is 11.0. The molecule has 1 N–H and O–H groups in total. The Hall–Kier alpha value is -0.510. The van der Waals surface area contributed by atoms with Gasteiger partial charge in [-0.1, -0.05) is 18.7 Å². The summed E-state index contributed by atoms with van der Waals surface area (Å²) >= 11 is 1.71. The van der Waals surface area contributed by atoms with E-state index in [4.69, 9.17) is 0 Å². The van der Waals surface area contributed by atoms with Crippen molar-refractivity contribution in [3.05, 3.63) is 6.33 Å². The minimum absolute atomic E-state index is 0.986.